The Morgan fingerprint density at radius 2 is 2.00 bits per heavy atom. The number of carbonyl (C=O) groups is 1. The highest BCUT2D eigenvalue weighted by Crippen LogP contribution is 2.49. The largest absolute Gasteiger partial charge is 0.460 e. The highest BCUT2D eigenvalue weighted by atomic mass is 79.9. The highest BCUT2D eigenvalue weighted by Gasteiger charge is 2.57. The van der Waals surface area contributed by atoms with Crippen molar-refractivity contribution in [2.45, 2.75) is 75.5 Å². The molecule has 0 fully saturated rings. The van der Waals surface area contributed by atoms with Gasteiger partial charge >= 0.3 is 5.97 Å². The number of aliphatic imine (C=N–C) groups is 1. The van der Waals surface area contributed by atoms with Crippen LogP contribution in [0.25, 0.3) is 0 Å². The van der Waals surface area contributed by atoms with E-state index in [0.717, 1.165) is 0 Å². The van der Waals surface area contributed by atoms with Crippen LogP contribution < -0.4 is 0 Å². The highest BCUT2D eigenvalue weighted by molar-refractivity contribution is 9.10. The zero-order valence-electron chi connectivity index (χ0n) is 17.7. The van der Waals surface area contributed by atoms with Crippen molar-refractivity contribution < 1.29 is 18.1 Å². The van der Waals surface area contributed by atoms with Crippen LogP contribution in [0.5, 0.6) is 0 Å². The zero-order valence-corrected chi connectivity index (χ0v) is 20.1. The van der Waals surface area contributed by atoms with Gasteiger partial charge in [-0.1, -0.05) is 15.9 Å². The van der Waals surface area contributed by atoms with Crippen molar-refractivity contribution in [2.75, 3.05) is 6.54 Å². The Kier molecular flexibility index (Phi) is 5.52. The minimum absolute atomic E-state index is 0.102. The van der Waals surface area contributed by atoms with Crippen LogP contribution in [-0.4, -0.2) is 38.0 Å². The fourth-order valence-electron chi connectivity index (χ4n) is 4.21. The molecular weight excluding hydrogens is 459 g/mol. The van der Waals surface area contributed by atoms with Gasteiger partial charge in [0.2, 0.25) is 0 Å². The third-order valence-electron chi connectivity index (χ3n) is 5.69. The molecule has 1 aromatic rings. The molecular formula is C21H28BrFN2O3S. The molecule has 0 amide bonds. The van der Waals surface area contributed by atoms with E-state index in [9.17, 15) is 13.4 Å². The first-order valence-corrected chi connectivity index (χ1v) is 12.1. The van der Waals surface area contributed by atoms with Gasteiger partial charge < -0.3 is 4.74 Å². The van der Waals surface area contributed by atoms with E-state index in [1.807, 2.05) is 13.8 Å². The van der Waals surface area contributed by atoms with Crippen molar-refractivity contribution in [1.29, 1.82) is 0 Å². The van der Waals surface area contributed by atoms with Crippen molar-refractivity contribution in [3.63, 3.8) is 0 Å². The molecule has 0 saturated heterocycles. The quantitative estimate of drug-likeness (QED) is 0.563. The fourth-order valence-corrected chi connectivity index (χ4v) is 7.84. The Morgan fingerprint density at radius 1 is 1.34 bits per heavy atom. The molecule has 2 aliphatic rings. The van der Waals surface area contributed by atoms with Gasteiger partial charge in [0.1, 0.15) is 17.0 Å². The van der Waals surface area contributed by atoms with Gasteiger partial charge in [0.25, 0.3) is 0 Å². The molecule has 8 heteroatoms. The summed E-state index contributed by atoms with van der Waals surface area (Å²) in [4.78, 5) is 17.5. The molecule has 0 aliphatic carbocycles. The van der Waals surface area contributed by atoms with E-state index in [1.54, 1.807) is 39.8 Å². The van der Waals surface area contributed by atoms with Crippen LogP contribution in [0, 0.1) is 5.82 Å². The maximum Gasteiger partial charge on any atom is 0.312 e. The summed E-state index contributed by atoms with van der Waals surface area (Å²) >= 11 is 3.40. The van der Waals surface area contributed by atoms with E-state index in [0.29, 0.717) is 28.7 Å². The predicted molar refractivity (Wildman–Crippen MR) is 117 cm³/mol. The van der Waals surface area contributed by atoms with Gasteiger partial charge in [-0.25, -0.2) is 13.0 Å². The second kappa shape index (κ2) is 7.15. The van der Waals surface area contributed by atoms with Crippen LogP contribution in [0.3, 0.4) is 0 Å². The molecule has 3 atom stereocenters. The molecule has 0 saturated carbocycles. The van der Waals surface area contributed by atoms with E-state index in [-0.39, 0.29) is 6.42 Å². The van der Waals surface area contributed by atoms with Gasteiger partial charge in [-0.3, -0.25) is 9.79 Å². The Morgan fingerprint density at radius 3 is 2.62 bits per heavy atom. The van der Waals surface area contributed by atoms with Gasteiger partial charge in [0, 0.05) is 22.3 Å². The summed E-state index contributed by atoms with van der Waals surface area (Å²) in [6.45, 7) is 11.3. The first-order chi connectivity index (χ1) is 13.2. The van der Waals surface area contributed by atoms with Gasteiger partial charge in [0.15, 0.2) is 0 Å². The summed E-state index contributed by atoms with van der Waals surface area (Å²) < 4.78 is 38.8. The summed E-state index contributed by atoms with van der Waals surface area (Å²) in [5.74, 6) is -0.856. The third-order valence-corrected chi connectivity index (χ3v) is 9.91. The van der Waals surface area contributed by atoms with Crippen LogP contribution in [-0.2, 0) is 24.8 Å². The monoisotopic (exact) mass is 486 g/mol. The van der Waals surface area contributed by atoms with Crippen LogP contribution in [0.4, 0.5) is 4.39 Å². The first kappa shape index (κ1) is 22.4. The molecule has 29 heavy (non-hydrogen) atoms. The second-order valence-electron chi connectivity index (χ2n) is 9.30. The molecule has 2 aliphatic heterocycles. The Hall–Kier alpha value is -1.28. The van der Waals surface area contributed by atoms with Gasteiger partial charge in [-0.15, -0.1) is 0 Å². The minimum Gasteiger partial charge on any atom is -0.460 e. The SMILES string of the molecule is CC(C)(C)OC(=O)CC1=N[C@](C)(c2cc(Br)ccc2F)[C@H]2CCN=[S@@]2(=O)C1(C)C. The number of ether oxygens (including phenoxy) is 1. The van der Waals surface area contributed by atoms with Crippen LogP contribution in [0.1, 0.15) is 59.9 Å². The molecule has 1 aromatic carbocycles. The standard InChI is InChI=1S/C21H28BrFN2O3S/c1-19(2,3)28-18(26)12-16-20(4,5)29(27)17(9-10-24-29)21(6,25-16)14-11-13(22)7-8-15(14)23/h7-8,11,17H,9-10,12H2,1-6H3/t17-,21-,29+/m1/s1. The fraction of sp³-hybridized carbons (Fsp3) is 0.619. The molecule has 0 bridgehead atoms. The number of nitrogens with zero attached hydrogens (tertiary/aromatic N) is 2. The van der Waals surface area contributed by atoms with Crippen molar-refractivity contribution in [2.24, 2.45) is 9.36 Å². The molecule has 0 aromatic heterocycles. The maximum absolute atomic E-state index is 14.9. The Bertz CT molecular complexity index is 1010. The molecule has 0 unspecified atom stereocenters. The van der Waals surface area contributed by atoms with Gasteiger partial charge in [-0.2, -0.15) is 0 Å². The summed E-state index contributed by atoms with van der Waals surface area (Å²) in [5.41, 5.74) is -0.921. The summed E-state index contributed by atoms with van der Waals surface area (Å²) in [6, 6.07) is 4.68. The number of halogens is 2. The van der Waals surface area contributed by atoms with Gasteiger partial charge in [-0.05, 0) is 66.2 Å². The summed E-state index contributed by atoms with van der Waals surface area (Å²) in [6.07, 6.45) is 0.461. The molecule has 0 radical (unpaired) electrons. The van der Waals surface area contributed by atoms with Crippen molar-refractivity contribution >= 4 is 37.3 Å². The van der Waals surface area contributed by atoms with Crippen molar-refractivity contribution in [3.8, 4) is 0 Å². The van der Waals surface area contributed by atoms with Gasteiger partial charge in [0.05, 0.1) is 26.1 Å². The lowest BCUT2D eigenvalue weighted by Gasteiger charge is -2.45. The minimum atomic E-state index is -2.79. The number of carbonyl (C=O) groups excluding carboxylic acids is 1. The molecule has 0 N–H and O–H groups in total. The van der Waals surface area contributed by atoms with E-state index >= 15 is 0 Å². The smallest absolute Gasteiger partial charge is 0.312 e. The van der Waals surface area contributed by atoms with Crippen molar-refractivity contribution in [3.05, 3.63) is 34.1 Å². The normalized spacial score (nSPS) is 30.9. The van der Waals surface area contributed by atoms with E-state index in [1.165, 1.54) is 6.07 Å². The molecule has 3 rings (SSSR count). The third kappa shape index (κ3) is 3.78. The number of hydrogen-bond acceptors (Lipinski definition) is 5. The lowest BCUT2D eigenvalue weighted by molar-refractivity contribution is -0.153. The maximum atomic E-state index is 14.9. The average molecular weight is 487 g/mol. The van der Waals surface area contributed by atoms with Crippen LogP contribution >= 0.6 is 15.9 Å². The number of fused-ring (bicyclic) bond motifs is 1. The Balaban J connectivity index is 2.18. The number of esters is 1. The van der Waals surface area contributed by atoms with Crippen LogP contribution in [0.2, 0.25) is 0 Å². The molecule has 5 nitrogen and oxygen atoms in total. The topological polar surface area (TPSA) is 68.1 Å². The zero-order chi connectivity index (χ0) is 21.8. The lowest BCUT2D eigenvalue weighted by atomic mass is 9.85. The Labute approximate surface area is 180 Å². The first-order valence-electron chi connectivity index (χ1n) is 9.68. The lowest BCUT2D eigenvalue weighted by Crippen LogP contribution is -2.56. The number of benzene rings is 1. The van der Waals surface area contributed by atoms with E-state index < -0.39 is 42.7 Å². The second-order valence-corrected chi connectivity index (χ2v) is 13.2. The number of rotatable bonds is 3. The van der Waals surface area contributed by atoms with E-state index in [2.05, 4.69) is 20.3 Å². The summed E-state index contributed by atoms with van der Waals surface area (Å²) in [7, 11) is -2.79. The summed E-state index contributed by atoms with van der Waals surface area (Å²) in [5, 5.41) is -0.434. The molecule has 0 spiro atoms. The predicted octanol–water partition coefficient (Wildman–Crippen LogP) is 5.01. The molecule has 2 heterocycles. The van der Waals surface area contributed by atoms with E-state index in [4.69, 9.17) is 9.73 Å². The molecule has 160 valence electrons. The van der Waals surface area contributed by atoms with Crippen LogP contribution in [0.15, 0.2) is 32.0 Å². The number of hydrogen-bond donors (Lipinski definition) is 0. The average Bonchev–Trinajstić information content (AvgIpc) is 2.98. The van der Waals surface area contributed by atoms with Crippen molar-refractivity contribution in [1.82, 2.24) is 0 Å².